The Morgan fingerprint density at radius 2 is 2.06 bits per heavy atom. The van der Waals surface area contributed by atoms with Crippen molar-refractivity contribution in [3.05, 3.63) is 30.5 Å². The Hall–Kier alpha value is -3.81. The number of ether oxygens (including phenoxy) is 1. The molecule has 0 saturated heterocycles. The smallest absolute Gasteiger partial charge is 0.260 e. The molecule has 1 atom stereocenters. The number of rotatable bonds is 7. The number of nitriles is 1. The van der Waals surface area contributed by atoms with E-state index in [4.69, 9.17) is 4.74 Å². The second-order valence-corrected chi connectivity index (χ2v) is 8.13. The number of alkyl halides is 2. The first-order valence-electron chi connectivity index (χ1n) is 9.96. The molecule has 0 bridgehead atoms. The summed E-state index contributed by atoms with van der Waals surface area (Å²) in [6, 6.07) is 8.31. The molecule has 0 aliphatic rings. The van der Waals surface area contributed by atoms with Crippen LogP contribution in [-0.2, 0) is 0 Å². The highest BCUT2D eigenvalue weighted by Gasteiger charge is 2.22. The van der Waals surface area contributed by atoms with Gasteiger partial charge in [0.05, 0.1) is 24.1 Å². The number of nitrogens with one attached hydrogen (secondary N) is 1. The van der Waals surface area contributed by atoms with Gasteiger partial charge in [-0.2, -0.15) is 10.2 Å². The van der Waals surface area contributed by atoms with Gasteiger partial charge in [-0.05, 0) is 44.5 Å². The summed E-state index contributed by atoms with van der Waals surface area (Å²) >= 11 is 0. The zero-order chi connectivity index (χ0) is 23.0. The minimum absolute atomic E-state index is 0.323. The molecular weight excluding hydrogens is 418 g/mol. The third-order valence-electron chi connectivity index (χ3n) is 5.20. The molecule has 4 rings (SSSR count). The van der Waals surface area contributed by atoms with Gasteiger partial charge in [-0.25, -0.2) is 18.0 Å². The molecule has 0 saturated carbocycles. The summed E-state index contributed by atoms with van der Waals surface area (Å²) in [5, 5.41) is 24.6. The van der Waals surface area contributed by atoms with Gasteiger partial charge in [0.25, 0.3) is 6.43 Å². The van der Waals surface area contributed by atoms with Crippen LogP contribution in [0.4, 0.5) is 14.7 Å². The van der Waals surface area contributed by atoms with Gasteiger partial charge in [-0.15, -0.1) is 10.2 Å². The molecule has 32 heavy (non-hydrogen) atoms. The van der Waals surface area contributed by atoms with Gasteiger partial charge in [0.15, 0.2) is 0 Å². The third-order valence-corrected chi connectivity index (χ3v) is 5.20. The van der Waals surface area contributed by atoms with Crippen LogP contribution in [0.15, 0.2) is 30.5 Å². The third kappa shape index (κ3) is 3.79. The van der Waals surface area contributed by atoms with Crippen molar-refractivity contribution in [2.24, 2.45) is 5.41 Å². The number of fused-ring (bicyclic) bond motifs is 2. The van der Waals surface area contributed by atoms with Gasteiger partial charge >= 0.3 is 0 Å². The van der Waals surface area contributed by atoms with E-state index in [2.05, 4.69) is 31.8 Å². The maximum absolute atomic E-state index is 13.2. The van der Waals surface area contributed by atoms with E-state index in [1.165, 1.54) is 18.7 Å². The topological polar surface area (TPSA) is 106 Å². The molecule has 0 aliphatic heterocycles. The Morgan fingerprint density at radius 1 is 1.28 bits per heavy atom. The number of benzene rings is 1. The normalized spacial score (nSPS) is 12.9. The van der Waals surface area contributed by atoms with Gasteiger partial charge in [0, 0.05) is 18.3 Å². The average Bonchev–Trinajstić information content (AvgIpc) is 3.40. The first-order valence-corrected chi connectivity index (χ1v) is 9.96. The Bertz CT molecular complexity index is 1320. The molecular formula is C21H22F2N8O. The van der Waals surface area contributed by atoms with Gasteiger partial charge in [-0.3, -0.25) is 0 Å². The van der Waals surface area contributed by atoms with Gasteiger partial charge < -0.3 is 10.1 Å². The maximum atomic E-state index is 13.2. The molecule has 0 aliphatic carbocycles. The monoisotopic (exact) mass is 440 g/mol. The first-order chi connectivity index (χ1) is 15.2. The molecule has 0 amide bonds. The largest absolute Gasteiger partial charge is 0.479 e. The van der Waals surface area contributed by atoms with E-state index in [9.17, 15) is 14.0 Å². The minimum atomic E-state index is -2.57. The van der Waals surface area contributed by atoms with Crippen molar-refractivity contribution in [1.29, 1.82) is 5.26 Å². The molecule has 3 heterocycles. The molecule has 11 heteroatoms. The number of anilines is 1. The summed E-state index contributed by atoms with van der Waals surface area (Å²) in [5.74, 6) is 0.660. The standard InChI is InChI=1S/C21H22F2N8O/c1-12(18(22)23)31-16-9-13(5-6-15(16)27-29-31)14-7-8-30-17(14)19(32-4)26-20(28-30)25-11-21(2,3)10-24/h5-9,12,18H,11H2,1-4H3,(H,25,28)/t12-/m0/s1. The second-order valence-electron chi connectivity index (χ2n) is 8.13. The fourth-order valence-electron chi connectivity index (χ4n) is 3.29. The average molecular weight is 440 g/mol. The predicted molar refractivity (Wildman–Crippen MR) is 115 cm³/mol. The predicted octanol–water partition coefficient (Wildman–Crippen LogP) is 3.94. The van der Waals surface area contributed by atoms with Crippen LogP contribution in [0.3, 0.4) is 0 Å². The van der Waals surface area contributed by atoms with Crippen LogP contribution >= 0.6 is 0 Å². The zero-order valence-electron chi connectivity index (χ0n) is 18.0. The van der Waals surface area contributed by atoms with Crippen LogP contribution in [0.2, 0.25) is 0 Å². The molecule has 0 radical (unpaired) electrons. The summed E-state index contributed by atoms with van der Waals surface area (Å²) in [6.07, 6.45) is -0.805. The minimum Gasteiger partial charge on any atom is -0.479 e. The van der Waals surface area contributed by atoms with Crippen molar-refractivity contribution in [3.63, 3.8) is 0 Å². The van der Waals surface area contributed by atoms with E-state index >= 15 is 0 Å². The number of hydrogen-bond donors (Lipinski definition) is 1. The van der Waals surface area contributed by atoms with Crippen LogP contribution < -0.4 is 10.1 Å². The van der Waals surface area contributed by atoms with Gasteiger partial charge in [0.1, 0.15) is 17.1 Å². The summed E-state index contributed by atoms with van der Waals surface area (Å²) in [7, 11) is 1.51. The van der Waals surface area contributed by atoms with E-state index in [1.807, 2.05) is 26.0 Å². The Kier molecular flexibility index (Phi) is 5.38. The molecule has 3 aromatic heterocycles. The van der Waals surface area contributed by atoms with Crippen molar-refractivity contribution < 1.29 is 13.5 Å². The number of halogens is 2. The van der Waals surface area contributed by atoms with Gasteiger partial charge in [0.2, 0.25) is 11.8 Å². The second kappa shape index (κ2) is 8.03. The quantitative estimate of drug-likeness (QED) is 0.464. The van der Waals surface area contributed by atoms with Crippen molar-refractivity contribution >= 4 is 22.5 Å². The van der Waals surface area contributed by atoms with Crippen LogP contribution in [0.1, 0.15) is 26.8 Å². The van der Waals surface area contributed by atoms with E-state index in [0.717, 1.165) is 11.1 Å². The highest BCUT2D eigenvalue weighted by atomic mass is 19.3. The fourth-order valence-corrected chi connectivity index (χ4v) is 3.29. The molecule has 1 aromatic carbocycles. The number of aromatic nitrogens is 6. The van der Waals surface area contributed by atoms with Crippen molar-refractivity contribution in [2.75, 3.05) is 19.0 Å². The lowest BCUT2D eigenvalue weighted by Gasteiger charge is -2.16. The molecule has 4 aromatic rings. The summed E-state index contributed by atoms with van der Waals surface area (Å²) in [6.45, 7) is 5.39. The number of nitrogens with zero attached hydrogens (tertiary/aromatic N) is 7. The lowest BCUT2D eigenvalue weighted by atomic mass is 9.96. The van der Waals surface area contributed by atoms with Gasteiger partial charge in [-0.1, -0.05) is 11.3 Å². The molecule has 166 valence electrons. The van der Waals surface area contributed by atoms with E-state index in [1.54, 1.807) is 22.8 Å². The molecule has 0 spiro atoms. The SMILES string of the molecule is COc1nc(NCC(C)(C)C#N)nn2ccc(-c3ccc4nnn([C@@H](C)C(F)F)c4c3)c12. The number of methoxy groups -OCH3 is 1. The van der Waals surface area contributed by atoms with Crippen molar-refractivity contribution in [2.45, 2.75) is 33.2 Å². The number of hydrogen-bond acceptors (Lipinski definition) is 7. The zero-order valence-corrected chi connectivity index (χ0v) is 18.0. The Balaban J connectivity index is 1.77. The Morgan fingerprint density at radius 3 is 2.75 bits per heavy atom. The van der Waals surface area contributed by atoms with Crippen molar-refractivity contribution in [3.8, 4) is 23.1 Å². The van der Waals surface area contributed by atoms with Crippen LogP contribution in [-0.4, -0.2) is 49.7 Å². The lowest BCUT2D eigenvalue weighted by molar-refractivity contribution is 0.0866. The summed E-state index contributed by atoms with van der Waals surface area (Å²) in [4.78, 5) is 4.43. The molecule has 1 N–H and O–H groups in total. The summed E-state index contributed by atoms with van der Waals surface area (Å²) < 4.78 is 34.9. The fraction of sp³-hybridized carbons (Fsp3) is 0.381. The first kappa shape index (κ1) is 21.4. The summed E-state index contributed by atoms with van der Waals surface area (Å²) in [5.41, 5.74) is 2.60. The molecule has 0 unspecified atom stereocenters. The van der Waals surface area contributed by atoms with E-state index in [0.29, 0.717) is 34.9 Å². The van der Waals surface area contributed by atoms with E-state index in [-0.39, 0.29) is 0 Å². The molecule has 9 nitrogen and oxygen atoms in total. The van der Waals surface area contributed by atoms with Crippen LogP contribution in [0.5, 0.6) is 5.88 Å². The maximum Gasteiger partial charge on any atom is 0.260 e. The van der Waals surface area contributed by atoms with Crippen LogP contribution in [0, 0.1) is 16.7 Å². The van der Waals surface area contributed by atoms with Crippen LogP contribution in [0.25, 0.3) is 27.7 Å². The Labute approximate surface area is 182 Å². The lowest BCUT2D eigenvalue weighted by Crippen LogP contribution is -2.22. The highest BCUT2D eigenvalue weighted by Crippen LogP contribution is 2.33. The van der Waals surface area contributed by atoms with Crippen molar-refractivity contribution in [1.82, 2.24) is 29.6 Å². The van der Waals surface area contributed by atoms with E-state index < -0.39 is 17.9 Å². The molecule has 0 fully saturated rings. The highest BCUT2D eigenvalue weighted by molar-refractivity contribution is 5.89.